The molecule has 5 heteroatoms. The first-order chi connectivity index (χ1) is 9.54. The van der Waals surface area contributed by atoms with Crippen molar-refractivity contribution in [2.75, 3.05) is 6.61 Å². The van der Waals surface area contributed by atoms with Gasteiger partial charge >= 0.3 is 0 Å². The van der Waals surface area contributed by atoms with Crippen LogP contribution in [0.25, 0.3) is 0 Å². The number of thiocarbonyl (C=S) groups is 1. The number of hydrogen-bond acceptors (Lipinski definition) is 3. The zero-order valence-electron chi connectivity index (χ0n) is 11.8. The average Bonchev–Trinajstić information content (AvgIpc) is 2.38. The van der Waals surface area contributed by atoms with Crippen LogP contribution in [0.5, 0.6) is 5.75 Å². The van der Waals surface area contributed by atoms with E-state index >= 15 is 0 Å². The third-order valence-corrected chi connectivity index (χ3v) is 3.40. The number of nitrogens with one attached hydrogen (secondary N) is 2. The normalized spacial score (nSPS) is 18.4. The van der Waals surface area contributed by atoms with Crippen molar-refractivity contribution in [2.45, 2.75) is 26.8 Å². The summed E-state index contributed by atoms with van der Waals surface area (Å²) >= 11 is 5.20. The van der Waals surface area contributed by atoms with E-state index in [1.165, 1.54) is 0 Å². The predicted octanol–water partition coefficient (Wildman–Crippen LogP) is 2.47. The van der Waals surface area contributed by atoms with E-state index in [4.69, 9.17) is 17.0 Å². The first-order valence-corrected chi connectivity index (χ1v) is 6.96. The van der Waals surface area contributed by atoms with E-state index in [2.05, 4.69) is 10.6 Å². The molecule has 0 bridgehead atoms. The summed E-state index contributed by atoms with van der Waals surface area (Å²) in [7, 11) is 0. The fourth-order valence-electron chi connectivity index (χ4n) is 2.40. The third-order valence-electron chi connectivity index (χ3n) is 3.18. The van der Waals surface area contributed by atoms with Crippen LogP contribution in [0.3, 0.4) is 0 Å². The van der Waals surface area contributed by atoms with Crippen LogP contribution in [0.15, 0.2) is 35.5 Å². The lowest BCUT2D eigenvalue weighted by molar-refractivity contribution is -0.114. The zero-order valence-corrected chi connectivity index (χ0v) is 12.6. The van der Waals surface area contributed by atoms with Gasteiger partial charge in [-0.2, -0.15) is 0 Å². The van der Waals surface area contributed by atoms with Crippen molar-refractivity contribution in [3.05, 3.63) is 41.1 Å². The van der Waals surface area contributed by atoms with Gasteiger partial charge in [-0.05, 0) is 39.1 Å². The van der Waals surface area contributed by atoms with E-state index in [1.807, 2.05) is 38.1 Å². The fourth-order valence-corrected chi connectivity index (χ4v) is 2.67. The maximum absolute atomic E-state index is 11.9. The van der Waals surface area contributed by atoms with Crippen LogP contribution in [0, 0.1) is 0 Å². The molecule has 0 saturated heterocycles. The second-order valence-corrected chi connectivity index (χ2v) is 5.01. The summed E-state index contributed by atoms with van der Waals surface area (Å²) in [6, 6.07) is 7.42. The lowest BCUT2D eigenvalue weighted by Crippen LogP contribution is -2.44. The van der Waals surface area contributed by atoms with Gasteiger partial charge in [0.05, 0.1) is 12.6 Å². The average molecular weight is 290 g/mol. The topological polar surface area (TPSA) is 50.4 Å². The van der Waals surface area contributed by atoms with Crippen molar-refractivity contribution in [1.29, 1.82) is 0 Å². The number of Topliss-reactive ketones (excluding diaryl/α,β-unsaturated/α-hetero) is 1. The summed E-state index contributed by atoms with van der Waals surface area (Å²) in [4.78, 5) is 11.9. The van der Waals surface area contributed by atoms with Gasteiger partial charge in [-0.3, -0.25) is 4.79 Å². The van der Waals surface area contributed by atoms with Crippen LogP contribution < -0.4 is 15.4 Å². The first-order valence-electron chi connectivity index (χ1n) is 6.55. The van der Waals surface area contributed by atoms with Crippen LogP contribution in [0.4, 0.5) is 0 Å². The van der Waals surface area contributed by atoms with Crippen molar-refractivity contribution in [2.24, 2.45) is 0 Å². The molecule has 2 rings (SSSR count). The third kappa shape index (κ3) is 2.82. The molecular weight excluding hydrogens is 272 g/mol. The van der Waals surface area contributed by atoms with Crippen molar-refractivity contribution in [1.82, 2.24) is 10.6 Å². The van der Waals surface area contributed by atoms with E-state index in [0.717, 1.165) is 17.0 Å². The molecule has 1 heterocycles. The predicted molar refractivity (Wildman–Crippen MR) is 82.6 cm³/mol. The van der Waals surface area contributed by atoms with Crippen LogP contribution in [0.1, 0.15) is 32.4 Å². The number of benzene rings is 1. The fraction of sp³-hybridized carbons (Fsp3) is 0.333. The van der Waals surface area contributed by atoms with E-state index in [0.29, 0.717) is 17.3 Å². The van der Waals surface area contributed by atoms with E-state index in [9.17, 15) is 4.79 Å². The number of rotatable bonds is 4. The van der Waals surface area contributed by atoms with Gasteiger partial charge in [0, 0.05) is 16.8 Å². The van der Waals surface area contributed by atoms with Gasteiger partial charge in [0.25, 0.3) is 0 Å². The number of ketones is 1. The smallest absolute Gasteiger partial charge is 0.171 e. The summed E-state index contributed by atoms with van der Waals surface area (Å²) in [5.74, 6) is 0.782. The standard InChI is InChI=1S/C15H18N2O2S/c1-4-19-12-8-6-5-7-11(12)14-13(10(3)18)9(2)16-15(20)17-14/h5-8,14H,4H2,1-3H3,(H2,16,17,20). The highest BCUT2D eigenvalue weighted by molar-refractivity contribution is 7.80. The summed E-state index contributed by atoms with van der Waals surface area (Å²) in [6.07, 6.45) is 0. The lowest BCUT2D eigenvalue weighted by Gasteiger charge is -2.30. The molecule has 1 unspecified atom stereocenters. The van der Waals surface area contributed by atoms with Gasteiger partial charge < -0.3 is 15.4 Å². The van der Waals surface area contributed by atoms with Crippen molar-refractivity contribution in [3.8, 4) is 5.75 Å². The Hall–Kier alpha value is -1.88. The molecule has 0 saturated carbocycles. The van der Waals surface area contributed by atoms with Gasteiger partial charge in [0.1, 0.15) is 5.75 Å². The van der Waals surface area contributed by atoms with E-state index in [1.54, 1.807) is 6.92 Å². The Morgan fingerprint density at radius 2 is 2.10 bits per heavy atom. The summed E-state index contributed by atoms with van der Waals surface area (Å²) in [6.45, 7) is 5.93. The number of carbonyl (C=O) groups excluding carboxylic acids is 1. The molecule has 106 valence electrons. The van der Waals surface area contributed by atoms with Crippen molar-refractivity contribution >= 4 is 23.1 Å². The quantitative estimate of drug-likeness (QED) is 0.834. The van der Waals surface area contributed by atoms with Gasteiger partial charge in [-0.1, -0.05) is 18.2 Å². The Morgan fingerprint density at radius 1 is 1.40 bits per heavy atom. The molecule has 1 aliphatic rings. The molecule has 0 fully saturated rings. The lowest BCUT2D eigenvalue weighted by atomic mass is 9.92. The molecule has 0 amide bonds. The molecule has 4 nitrogen and oxygen atoms in total. The monoisotopic (exact) mass is 290 g/mol. The summed E-state index contributed by atoms with van der Waals surface area (Å²) < 4.78 is 5.65. The Bertz CT molecular complexity index is 581. The highest BCUT2D eigenvalue weighted by atomic mass is 32.1. The molecule has 1 aromatic rings. The molecular formula is C15H18N2O2S. The van der Waals surface area contributed by atoms with E-state index < -0.39 is 0 Å². The van der Waals surface area contributed by atoms with Crippen molar-refractivity contribution < 1.29 is 9.53 Å². The Morgan fingerprint density at radius 3 is 2.75 bits per heavy atom. The molecule has 0 spiro atoms. The van der Waals surface area contributed by atoms with Gasteiger partial charge in [-0.25, -0.2) is 0 Å². The Labute approximate surface area is 124 Å². The van der Waals surface area contributed by atoms with Gasteiger partial charge in [-0.15, -0.1) is 0 Å². The largest absolute Gasteiger partial charge is 0.494 e. The number of hydrogen-bond donors (Lipinski definition) is 2. The minimum Gasteiger partial charge on any atom is -0.494 e. The maximum atomic E-state index is 11.9. The second kappa shape index (κ2) is 6.05. The van der Waals surface area contributed by atoms with Gasteiger partial charge in [0.2, 0.25) is 0 Å². The molecule has 1 aromatic carbocycles. The number of carbonyl (C=O) groups is 1. The van der Waals surface area contributed by atoms with Gasteiger partial charge in [0.15, 0.2) is 10.9 Å². The van der Waals surface area contributed by atoms with Crippen LogP contribution in [-0.4, -0.2) is 17.5 Å². The van der Waals surface area contributed by atoms with Crippen molar-refractivity contribution in [3.63, 3.8) is 0 Å². The Balaban J connectivity index is 2.51. The zero-order chi connectivity index (χ0) is 14.7. The molecule has 1 aliphatic heterocycles. The highest BCUT2D eigenvalue weighted by Gasteiger charge is 2.29. The molecule has 20 heavy (non-hydrogen) atoms. The maximum Gasteiger partial charge on any atom is 0.171 e. The number of para-hydroxylation sites is 1. The van der Waals surface area contributed by atoms with Crippen LogP contribution in [-0.2, 0) is 4.79 Å². The molecule has 1 atom stereocenters. The van der Waals surface area contributed by atoms with Crippen LogP contribution in [0.2, 0.25) is 0 Å². The Kier molecular flexibility index (Phi) is 4.39. The highest BCUT2D eigenvalue weighted by Crippen LogP contribution is 2.33. The second-order valence-electron chi connectivity index (χ2n) is 4.60. The van der Waals surface area contributed by atoms with Crippen LogP contribution >= 0.6 is 12.2 Å². The molecule has 0 aliphatic carbocycles. The minimum atomic E-state index is -0.274. The first kappa shape index (κ1) is 14.5. The summed E-state index contributed by atoms with van der Waals surface area (Å²) in [5, 5.41) is 6.67. The van der Waals surface area contributed by atoms with E-state index in [-0.39, 0.29) is 11.8 Å². The molecule has 2 N–H and O–H groups in total. The minimum absolute atomic E-state index is 0.0151. The summed E-state index contributed by atoms with van der Waals surface area (Å²) in [5.41, 5.74) is 2.39. The molecule has 0 radical (unpaired) electrons. The SMILES string of the molecule is CCOc1ccccc1C1NC(=S)NC(C)=C1C(C)=O. The number of allylic oxidation sites excluding steroid dienone is 1. The molecule has 0 aromatic heterocycles. The number of ether oxygens (including phenoxy) is 1.